The lowest BCUT2D eigenvalue weighted by molar-refractivity contribution is -0.180. The first-order valence-corrected chi connectivity index (χ1v) is 13.6. The predicted octanol–water partition coefficient (Wildman–Crippen LogP) is 2.12. The Morgan fingerprint density at radius 3 is 1.00 bits per heavy atom. The van der Waals surface area contributed by atoms with Crippen LogP contribution in [-0.4, -0.2) is 87.0 Å². The number of carbonyl (C=O) groups is 7. The van der Waals surface area contributed by atoms with Crippen LogP contribution in [0, 0.1) is 0 Å². The molecule has 0 aliphatic rings. The minimum absolute atomic E-state index is 0.129. The van der Waals surface area contributed by atoms with Gasteiger partial charge in [0.05, 0.1) is 39.1 Å². The van der Waals surface area contributed by atoms with E-state index in [1.165, 1.54) is 0 Å². The molecule has 14 nitrogen and oxygen atoms in total. The van der Waals surface area contributed by atoms with Crippen LogP contribution in [0.5, 0.6) is 0 Å². The van der Waals surface area contributed by atoms with E-state index in [1.807, 2.05) is 20.8 Å². The molecule has 0 unspecified atom stereocenters. The number of unbranched alkanes of at least 4 members (excludes halogenated alkanes) is 3. The molecule has 0 saturated heterocycles. The molecule has 0 amide bonds. The van der Waals surface area contributed by atoms with Gasteiger partial charge < -0.3 is 33.2 Å². The van der Waals surface area contributed by atoms with E-state index >= 15 is 0 Å². The summed E-state index contributed by atoms with van der Waals surface area (Å²) in [5.74, 6) is -6.80. The molecule has 0 rings (SSSR count). The van der Waals surface area contributed by atoms with Crippen LogP contribution < -0.4 is 0 Å². The quantitative estimate of drug-likeness (QED) is 0.101. The summed E-state index contributed by atoms with van der Waals surface area (Å²) in [5, 5.41) is 0. The molecule has 0 atom stereocenters. The van der Waals surface area contributed by atoms with E-state index < -0.39 is 86.5 Å². The van der Waals surface area contributed by atoms with Gasteiger partial charge in [0, 0.05) is 6.92 Å². The van der Waals surface area contributed by atoms with Gasteiger partial charge in [0.1, 0.15) is 5.60 Å². The lowest BCUT2D eigenvalue weighted by Crippen LogP contribution is -2.43. The molecule has 234 valence electrons. The van der Waals surface area contributed by atoms with Crippen LogP contribution >= 0.6 is 0 Å². The SMILES string of the molecule is CCCCOC(=O)COC(=O)CC(CC(=O)OCC(=O)OCCCC)(CC(=O)OCC(=O)OCCCC)OC(C)=O. The van der Waals surface area contributed by atoms with Gasteiger partial charge in [0.15, 0.2) is 19.8 Å². The number of hydrogen-bond donors (Lipinski definition) is 0. The molecule has 0 aromatic rings. The van der Waals surface area contributed by atoms with Crippen LogP contribution in [0.2, 0.25) is 0 Å². The van der Waals surface area contributed by atoms with Gasteiger partial charge in [-0.2, -0.15) is 0 Å². The van der Waals surface area contributed by atoms with Crippen molar-refractivity contribution in [3.63, 3.8) is 0 Å². The van der Waals surface area contributed by atoms with Crippen molar-refractivity contribution in [2.24, 2.45) is 0 Å². The van der Waals surface area contributed by atoms with Crippen LogP contribution in [0.25, 0.3) is 0 Å². The zero-order chi connectivity index (χ0) is 31.1. The third-order valence-electron chi connectivity index (χ3n) is 5.10. The molecule has 0 saturated carbocycles. The van der Waals surface area contributed by atoms with E-state index in [0.29, 0.717) is 19.3 Å². The minimum Gasteiger partial charge on any atom is -0.463 e. The first kappa shape index (κ1) is 37.3. The molecule has 0 spiro atoms. The summed E-state index contributed by atoms with van der Waals surface area (Å²) in [4.78, 5) is 85.1. The molecule has 0 aliphatic carbocycles. The van der Waals surface area contributed by atoms with Crippen molar-refractivity contribution in [2.45, 2.75) is 91.1 Å². The number of rotatable bonds is 22. The second-order valence-electron chi connectivity index (χ2n) is 9.01. The van der Waals surface area contributed by atoms with Crippen molar-refractivity contribution >= 4 is 41.8 Å². The molecular weight excluding hydrogens is 548 g/mol. The Morgan fingerprint density at radius 1 is 0.463 bits per heavy atom. The maximum atomic E-state index is 12.6. The van der Waals surface area contributed by atoms with Crippen LogP contribution in [0.3, 0.4) is 0 Å². The van der Waals surface area contributed by atoms with E-state index in [9.17, 15) is 33.6 Å². The van der Waals surface area contributed by atoms with Crippen molar-refractivity contribution in [3.8, 4) is 0 Å². The smallest absolute Gasteiger partial charge is 0.344 e. The molecule has 0 aliphatic heterocycles. The second-order valence-corrected chi connectivity index (χ2v) is 9.01. The number of carbonyl (C=O) groups excluding carboxylic acids is 7. The van der Waals surface area contributed by atoms with Crippen molar-refractivity contribution in [3.05, 3.63) is 0 Å². The average molecular weight is 591 g/mol. The fourth-order valence-electron chi connectivity index (χ4n) is 3.08. The highest BCUT2D eigenvalue weighted by Gasteiger charge is 2.43. The summed E-state index contributed by atoms with van der Waals surface area (Å²) in [6.45, 7) is 4.74. The lowest BCUT2D eigenvalue weighted by atomic mass is 9.91. The molecule has 0 bridgehead atoms. The van der Waals surface area contributed by atoms with E-state index in [1.54, 1.807) is 0 Å². The Morgan fingerprint density at radius 2 is 0.756 bits per heavy atom. The monoisotopic (exact) mass is 590 g/mol. The molecule has 0 heterocycles. The number of ether oxygens (including phenoxy) is 7. The molecule has 0 radical (unpaired) electrons. The van der Waals surface area contributed by atoms with Crippen LogP contribution in [0.4, 0.5) is 0 Å². The summed E-state index contributed by atoms with van der Waals surface area (Å²) < 4.78 is 34.6. The molecule has 0 aromatic heterocycles. The Balaban J connectivity index is 5.53. The summed E-state index contributed by atoms with van der Waals surface area (Å²) in [6, 6.07) is 0. The van der Waals surface area contributed by atoms with Gasteiger partial charge in [-0.05, 0) is 19.3 Å². The maximum absolute atomic E-state index is 12.6. The van der Waals surface area contributed by atoms with Crippen molar-refractivity contribution in [2.75, 3.05) is 39.6 Å². The summed E-state index contributed by atoms with van der Waals surface area (Å²) >= 11 is 0. The van der Waals surface area contributed by atoms with Crippen molar-refractivity contribution < 1.29 is 66.7 Å². The maximum Gasteiger partial charge on any atom is 0.344 e. The average Bonchev–Trinajstić information content (AvgIpc) is 2.89. The van der Waals surface area contributed by atoms with Gasteiger partial charge in [0.2, 0.25) is 0 Å². The van der Waals surface area contributed by atoms with Crippen molar-refractivity contribution in [1.82, 2.24) is 0 Å². The topological polar surface area (TPSA) is 184 Å². The van der Waals surface area contributed by atoms with Crippen molar-refractivity contribution in [1.29, 1.82) is 0 Å². The Hall–Kier alpha value is -3.71. The Labute approximate surface area is 239 Å². The lowest BCUT2D eigenvalue weighted by Gasteiger charge is -2.30. The third-order valence-corrected chi connectivity index (χ3v) is 5.10. The molecule has 0 fully saturated rings. The normalized spacial score (nSPS) is 10.6. The molecule has 14 heteroatoms. The van der Waals surface area contributed by atoms with Gasteiger partial charge in [-0.1, -0.05) is 40.0 Å². The second kappa shape index (κ2) is 22.0. The van der Waals surface area contributed by atoms with Gasteiger partial charge >= 0.3 is 41.8 Å². The van der Waals surface area contributed by atoms with Gasteiger partial charge in [-0.3, -0.25) is 19.2 Å². The first-order valence-electron chi connectivity index (χ1n) is 13.6. The summed E-state index contributed by atoms with van der Waals surface area (Å²) in [5.41, 5.74) is -2.19. The largest absolute Gasteiger partial charge is 0.463 e. The molecule has 0 aromatic carbocycles. The predicted molar refractivity (Wildman–Crippen MR) is 139 cm³/mol. The highest BCUT2D eigenvalue weighted by molar-refractivity contribution is 5.83. The van der Waals surface area contributed by atoms with Gasteiger partial charge in [-0.15, -0.1) is 0 Å². The number of esters is 7. The first-order chi connectivity index (χ1) is 19.5. The zero-order valence-electron chi connectivity index (χ0n) is 24.3. The highest BCUT2D eigenvalue weighted by atomic mass is 16.6. The van der Waals surface area contributed by atoms with Gasteiger partial charge in [0.25, 0.3) is 0 Å². The van der Waals surface area contributed by atoms with Crippen LogP contribution in [0.15, 0.2) is 0 Å². The summed E-state index contributed by atoms with van der Waals surface area (Å²) in [6.07, 6.45) is 1.53. The zero-order valence-corrected chi connectivity index (χ0v) is 24.3. The Kier molecular flexibility index (Phi) is 20.0. The van der Waals surface area contributed by atoms with Gasteiger partial charge in [-0.25, -0.2) is 14.4 Å². The molecular formula is C27H42O14. The van der Waals surface area contributed by atoms with E-state index in [2.05, 4.69) is 0 Å². The fourth-order valence-corrected chi connectivity index (χ4v) is 3.08. The van der Waals surface area contributed by atoms with E-state index in [-0.39, 0.29) is 19.8 Å². The van der Waals surface area contributed by atoms with E-state index in [0.717, 1.165) is 26.2 Å². The highest BCUT2D eigenvalue weighted by Crippen LogP contribution is 2.28. The van der Waals surface area contributed by atoms with Crippen LogP contribution in [0.1, 0.15) is 85.5 Å². The van der Waals surface area contributed by atoms with E-state index in [4.69, 9.17) is 33.2 Å². The third kappa shape index (κ3) is 19.9. The number of hydrogen-bond acceptors (Lipinski definition) is 14. The Bertz CT molecular complexity index is 768. The fraction of sp³-hybridized carbons (Fsp3) is 0.741. The molecule has 0 N–H and O–H groups in total. The van der Waals surface area contributed by atoms with Crippen LogP contribution in [-0.2, 0) is 66.7 Å². The molecule has 41 heavy (non-hydrogen) atoms. The summed E-state index contributed by atoms with van der Waals surface area (Å²) in [7, 11) is 0. The standard InChI is InChI=1S/C27H42O14/c1-5-8-11-35-24(32)17-38-21(29)14-27(41-20(4)28,15-22(30)39-18-25(33)36-12-9-6-2)16-23(31)40-19-26(34)37-13-10-7-3/h5-19H2,1-4H3. The minimum atomic E-state index is -2.19.